The van der Waals surface area contributed by atoms with Crippen molar-refractivity contribution in [3.05, 3.63) is 48.0 Å². The van der Waals surface area contributed by atoms with Gasteiger partial charge in [-0.15, -0.1) is 0 Å². The highest BCUT2D eigenvalue weighted by molar-refractivity contribution is 6.00. The molecule has 2 amide bonds. The lowest BCUT2D eigenvalue weighted by Crippen LogP contribution is -2.34. The molecule has 2 aromatic rings. The van der Waals surface area contributed by atoms with Gasteiger partial charge in [0.1, 0.15) is 0 Å². The molecule has 3 aliphatic heterocycles. The number of anilines is 2. The highest BCUT2D eigenvalue weighted by Crippen LogP contribution is 2.37. The number of fused-ring (bicyclic) bond motifs is 1. The fourth-order valence-electron chi connectivity index (χ4n) is 4.80. The van der Waals surface area contributed by atoms with Crippen LogP contribution in [0.5, 0.6) is 11.5 Å². The summed E-state index contributed by atoms with van der Waals surface area (Å²) in [7, 11) is 1.81. The molecule has 3 heterocycles. The Morgan fingerprint density at radius 2 is 1.72 bits per heavy atom. The smallest absolute Gasteiger partial charge is 0.231 e. The third-order valence-corrected chi connectivity index (χ3v) is 6.60. The van der Waals surface area contributed by atoms with Crippen molar-refractivity contribution in [3.63, 3.8) is 0 Å². The molecule has 7 nitrogen and oxygen atoms in total. The lowest BCUT2D eigenvalue weighted by molar-refractivity contribution is -0.135. The van der Waals surface area contributed by atoms with Crippen molar-refractivity contribution in [2.75, 3.05) is 43.3 Å². The molecule has 1 unspecified atom stereocenters. The van der Waals surface area contributed by atoms with Crippen LogP contribution in [-0.2, 0) is 16.1 Å². The van der Waals surface area contributed by atoms with Gasteiger partial charge in [-0.3, -0.25) is 9.59 Å². The number of ether oxygens (including phenoxy) is 2. The molecule has 0 N–H and O–H groups in total. The Bertz CT molecular complexity index is 1000. The molecular weight excluding hydrogens is 406 g/mol. The normalized spacial score (nSPS) is 20.0. The second kappa shape index (κ2) is 8.73. The maximum Gasteiger partial charge on any atom is 0.231 e. The summed E-state index contributed by atoms with van der Waals surface area (Å²) in [5.41, 5.74) is 3.09. The summed E-state index contributed by atoms with van der Waals surface area (Å²) in [4.78, 5) is 31.5. The first-order valence-corrected chi connectivity index (χ1v) is 11.4. The zero-order valence-electron chi connectivity index (χ0n) is 18.5. The minimum atomic E-state index is -0.342. The summed E-state index contributed by atoms with van der Waals surface area (Å²) < 4.78 is 10.8. The van der Waals surface area contributed by atoms with Gasteiger partial charge in [0.05, 0.1) is 5.92 Å². The minimum absolute atomic E-state index is 0.00157. The number of carbonyl (C=O) groups is 2. The molecule has 5 rings (SSSR count). The molecule has 2 aromatic carbocycles. The van der Waals surface area contributed by atoms with E-state index in [1.807, 2.05) is 13.1 Å². The summed E-state index contributed by atoms with van der Waals surface area (Å²) >= 11 is 0. The molecule has 2 saturated heterocycles. The van der Waals surface area contributed by atoms with Crippen LogP contribution < -0.4 is 19.3 Å². The van der Waals surface area contributed by atoms with Crippen LogP contribution in [0.1, 0.15) is 31.2 Å². The molecule has 0 radical (unpaired) electrons. The van der Waals surface area contributed by atoms with Gasteiger partial charge in [0.25, 0.3) is 0 Å². The topological polar surface area (TPSA) is 62.3 Å². The van der Waals surface area contributed by atoms with Crippen molar-refractivity contribution in [1.29, 1.82) is 0 Å². The van der Waals surface area contributed by atoms with Crippen LogP contribution in [0.4, 0.5) is 11.4 Å². The number of amides is 2. The molecule has 0 aliphatic carbocycles. The Morgan fingerprint density at radius 1 is 1.00 bits per heavy atom. The first-order valence-electron chi connectivity index (χ1n) is 11.4. The molecule has 2 fully saturated rings. The number of hydrogen-bond acceptors (Lipinski definition) is 5. The summed E-state index contributed by atoms with van der Waals surface area (Å²) in [6.45, 7) is 3.35. The number of nitrogens with zero attached hydrogens (tertiary/aromatic N) is 3. The number of carbonyl (C=O) groups excluding carboxylic acids is 2. The van der Waals surface area contributed by atoms with Crippen LogP contribution in [0.15, 0.2) is 42.5 Å². The van der Waals surface area contributed by atoms with Gasteiger partial charge in [-0.2, -0.15) is 0 Å². The molecule has 0 aromatic heterocycles. The monoisotopic (exact) mass is 435 g/mol. The van der Waals surface area contributed by atoms with Crippen molar-refractivity contribution in [2.45, 2.75) is 32.2 Å². The molecule has 7 heteroatoms. The second-order valence-electron chi connectivity index (χ2n) is 8.85. The highest BCUT2D eigenvalue weighted by Gasteiger charge is 2.37. The van der Waals surface area contributed by atoms with Crippen molar-refractivity contribution >= 4 is 23.2 Å². The van der Waals surface area contributed by atoms with Gasteiger partial charge in [0.2, 0.25) is 18.6 Å². The molecule has 0 spiro atoms. The van der Waals surface area contributed by atoms with E-state index in [0.717, 1.165) is 24.3 Å². The van der Waals surface area contributed by atoms with E-state index in [9.17, 15) is 9.59 Å². The Hall–Kier alpha value is -3.22. The Kier molecular flexibility index (Phi) is 5.64. The molecule has 32 heavy (non-hydrogen) atoms. The van der Waals surface area contributed by atoms with Gasteiger partial charge in [0.15, 0.2) is 11.5 Å². The largest absolute Gasteiger partial charge is 0.454 e. The summed E-state index contributed by atoms with van der Waals surface area (Å²) in [5.74, 6) is 0.933. The summed E-state index contributed by atoms with van der Waals surface area (Å²) in [6.07, 6.45) is 4.05. The average Bonchev–Trinajstić information content (AvgIpc) is 3.45. The molecular formula is C25H29N3O4. The van der Waals surface area contributed by atoms with Crippen molar-refractivity contribution in [3.8, 4) is 11.5 Å². The highest BCUT2D eigenvalue weighted by atomic mass is 16.7. The predicted octanol–water partition coefficient (Wildman–Crippen LogP) is 3.42. The van der Waals surface area contributed by atoms with E-state index in [0.29, 0.717) is 24.6 Å². The Balaban J connectivity index is 1.20. The molecule has 0 saturated carbocycles. The number of piperidine rings is 1. The van der Waals surface area contributed by atoms with Gasteiger partial charge in [-0.05, 0) is 49.1 Å². The fraction of sp³-hybridized carbons (Fsp3) is 0.440. The first-order chi connectivity index (χ1) is 15.6. The summed E-state index contributed by atoms with van der Waals surface area (Å²) in [6, 6.07) is 14.0. The lowest BCUT2D eigenvalue weighted by Gasteiger charge is -2.29. The number of rotatable bonds is 5. The van der Waals surface area contributed by atoms with Crippen molar-refractivity contribution in [1.82, 2.24) is 4.90 Å². The fourth-order valence-corrected chi connectivity index (χ4v) is 4.80. The third-order valence-electron chi connectivity index (χ3n) is 6.60. The van der Waals surface area contributed by atoms with E-state index >= 15 is 0 Å². The van der Waals surface area contributed by atoms with Crippen LogP contribution in [0, 0.1) is 5.92 Å². The van der Waals surface area contributed by atoms with Crippen molar-refractivity contribution in [2.24, 2.45) is 5.92 Å². The summed E-state index contributed by atoms with van der Waals surface area (Å²) in [5, 5.41) is 0. The van der Waals surface area contributed by atoms with Crippen molar-refractivity contribution < 1.29 is 19.1 Å². The SMILES string of the molecule is CN(Cc1ccc(N2CCCCC2)cc1)C(=O)C1CC(=O)N(c2ccc3c(c2)OCO3)C1. The standard InChI is InChI=1S/C25H29N3O4/c1-26(15-18-5-7-20(8-6-18)27-11-3-2-4-12-27)25(30)19-13-24(29)28(16-19)21-9-10-22-23(14-21)32-17-31-22/h5-10,14,19H,2-4,11-13,15-17H2,1H3. The van der Waals surface area contributed by atoms with E-state index < -0.39 is 0 Å². The zero-order chi connectivity index (χ0) is 22.1. The zero-order valence-corrected chi connectivity index (χ0v) is 18.5. The van der Waals surface area contributed by atoms with Crippen LogP contribution in [0.3, 0.4) is 0 Å². The van der Waals surface area contributed by atoms with Gasteiger partial charge < -0.3 is 24.2 Å². The van der Waals surface area contributed by atoms with Gasteiger partial charge >= 0.3 is 0 Å². The lowest BCUT2D eigenvalue weighted by atomic mass is 10.1. The maximum atomic E-state index is 13.1. The van der Waals surface area contributed by atoms with Crippen LogP contribution in [0.25, 0.3) is 0 Å². The molecule has 1 atom stereocenters. The Morgan fingerprint density at radius 3 is 2.50 bits per heavy atom. The third kappa shape index (κ3) is 4.11. The van der Waals surface area contributed by atoms with Gasteiger partial charge in [-0.25, -0.2) is 0 Å². The quantitative estimate of drug-likeness (QED) is 0.720. The number of hydrogen-bond donors (Lipinski definition) is 0. The van der Waals surface area contributed by atoms with Gasteiger partial charge in [0, 0.05) is 57.1 Å². The van der Waals surface area contributed by atoms with E-state index in [-0.39, 0.29) is 30.9 Å². The molecule has 0 bridgehead atoms. The minimum Gasteiger partial charge on any atom is -0.454 e. The predicted molar refractivity (Wildman–Crippen MR) is 122 cm³/mol. The van der Waals surface area contributed by atoms with E-state index in [2.05, 4.69) is 29.2 Å². The first kappa shape index (κ1) is 20.7. The molecule has 168 valence electrons. The van der Waals surface area contributed by atoms with Crippen LogP contribution in [0.2, 0.25) is 0 Å². The van der Waals surface area contributed by atoms with E-state index in [1.54, 1.807) is 21.9 Å². The number of benzene rings is 2. The average molecular weight is 436 g/mol. The van der Waals surface area contributed by atoms with E-state index in [4.69, 9.17) is 9.47 Å². The second-order valence-corrected chi connectivity index (χ2v) is 8.85. The Labute approximate surface area is 188 Å². The van der Waals surface area contributed by atoms with Crippen LogP contribution in [-0.4, -0.2) is 50.2 Å². The maximum absolute atomic E-state index is 13.1. The van der Waals surface area contributed by atoms with E-state index in [1.165, 1.54) is 24.9 Å². The van der Waals surface area contributed by atoms with Crippen LogP contribution >= 0.6 is 0 Å². The molecule has 3 aliphatic rings. The van der Waals surface area contributed by atoms with Gasteiger partial charge in [-0.1, -0.05) is 12.1 Å².